The van der Waals surface area contributed by atoms with E-state index in [-0.39, 0.29) is 22.9 Å². The van der Waals surface area contributed by atoms with Crippen molar-refractivity contribution in [3.8, 4) is 0 Å². The number of carbonyl (C=O) groups is 2. The molecule has 1 amide bonds. The summed E-state index contributed by atoms with van der Waals surface area (Å²) >= 11 is 0. The van der Waals surface area contributed by atoms with Gasteiger partial charge in [-0.3, -0.25) is 4.79 Å². The number of amides is 1. The van der Waals surface area contributed by atoms with Crippen molar-refractivity contribution in [2.75, 3.05) is 18.5 Å². The van der Waals surface area contributed by atoms with Crippen molar-refractivity contribution in [3.05, 3.63) is 54.3 Å². The first-order valence-electron chi connectivity index (χ1n) is 7.43. The van der Waals surface area contributed by atoms with E-state index in [0.717, 1.165) is 0 Å². The standard InChI is InChI=1S/C16H17N3O6S/c1-3-8-24-16(21)12-6-4-5-7-13(12)26(22,23)17-10-15(20)18-14-9-11(2)25-19-14/h3-7,9,17H,1,8,10H2,2H3,(H,18,19,20). The van der Waals surface area contributed by atoms with Gasteiger partial charge >= 0.3 is 5.97 Å². The van der Waals surface area contributed by atoms with Crippen LogP contribution in [0.15, 0.2) is 52.4 Å². The SMILES string of the molecule is C=CCOC(=O)c1ccccc1S(=O)(=O)NCC(=O)Nc1cc(C)on1. The maximum Gasteiger partial charge on any atom is 0.339 e. The highest BCUT2D eigenvalue weighted by molar-refractivity contribution is 7.89. The molecule has 1 aromatic carbocycles. The number of hydrogen-bond acceptors (Lipinski definition) is 7. The number of sulfonamides is 1. The lowest BCUT2D eigenvalue weighted by Crippen LogP contribution is -2.33. The third kappa shape index (κ3) is 5.01. The van der Waals surface area contributed by atoms with Crippen molar-refractivity contribution in [1.29, 1.82) is 0 Å². The molecule has 0 spiro atoms. The Morgan fingerprint density at radius 1 is 1.35 bits per heavy atom. The quantitative estimate of drug-likeness (QED) is 0.522. The molecule has 0 bridgehead atoms. The first kappa shape index (κ1) is 19.3. The first-order valence-corrected chi connectivity index (χ1v) is 8.91. The van der Waals surface area contributed by atoms with Crippen LogP contribution in [0.5, 0.6) is 0 Å². The van der Waals surface area contributed by atoms with E-state index in [1.54, 1.807) is 6.92 Å². The van der Waals surface area contributed by atoms with E-state index in [9.17, 15) is 18.0 Å². The molecule has 0 saturated heterocycles. The molecular formula is C16H17N3O6S. The van der Waals surface area contributed by atoms with E-state index in [2.05, 4.69) is 21.8 Å². The monoisotopic (exact) mass is 379 g/mol. The predicted molar refractivity (Wildman–Crippen MR) is 92.0 cm³/mol. The van der Waals surface area contributed by atoms with Crippen LogP contribution in [-0.2, 0) is 19.6 Å². The number of hydrogen-bond donors (Lipinski definition) is 2. The van der Waals surface area contributed by atoms with Crippen molar-refractivity contribution in [2.45, 2.75) is 11.8 Å². The predicted octanol–water partition coefficient (Wildman–Crippen LogP) is 1.24. The Morgan fingerprint density at radius 3 is 2.73 bits per heavy atom. The summed E-state index contributed by atoms with van der Waals surface area (Å²) in [6.45, 7) is 4.46. The average molecular weight is 379 g/mol. The number of ether oxygens (including phenoxy) is 1. The molecule has 9 nitrogen and oxygen atoms in total. The highest BCUT2D eigenvalue weighted by Crippen LogP contribution is 2.16. The summed E-state index contributed by atoms with van der Waals surface area (Å²) in [5.41, 5.74) is -0.144. The molecule has 1 heterocycles. The molecule has 2 rings (SSSR count). The zero-order valence-corrected chi connectivity index (χ0v) is 14.7. The number of nitrogens with zero attached hydrogens (tertiary/aromatic N) is 1. The Bertz CT molecular complexity index is 920. The maximum absolute atomic E-state index is 12.4. The molecule has 1 aromatic heterocycles. The summed E-state index contributed by atoms with van der Waals surface area (Å²) in [6, 6.07) is 7.00. The molecule has 0 atom stereocenters. The summed E-state index contributed by atoms with van der Waals surface area (Å²) in [5.74, 6) is -0.796. The molecule has 2 aromatic rings. The van der Waals surface area contributed by atoms with Crippen LogP contribution in [0.1, 0.15) is 16.1 Å². The number of aryl methyl sites for hydroxylation is 1. The topological polar surface area (TPSA) is 128 Å². The fourth-order valence-electron chi connectivity index (χ4n) is 1.93. The van der Waals surface area contributed by atoms with Crippen molar-refractivity contribution < 1.29 is 27.3 Å². The molecule has 0 saturated carbocycles. The smallest absolute Gasteiger partial charge is 0.339 e. The van der Waals surface area contributed by atoms with Gasteiger partial charge < -0.3 is 14.6 Å². The molecule has 0 fully saturated rings. The van der Waals surface area contributed by atoms with Crippen molar-refractivity contribution in [2.24, 2.45) is 0 Å². The number of rotatable bonds is 8. The van der Waals surface area contributed by atoms with E-state index < -0.39 is 28.4 Å². The van der Waals surface area contributed by atoms with E-state index in [4.69, 9.17) is 9.26 Å². The van der Waals surface area contributed by atoms with Gasteiger partial charge in [-0.15, -0.1) is 0 Å². The zero-order chi connectivity index (χ0) is 19.2. The summed E-state index contributed by atoms with van der Waals surface area (Å²) in [4.78, 5) is 23.5. The highest BCUT2D eigenvalue weighted by atomic mass is 32.2. The summed E-state index contributed by atoms with van der Waals surface area (Å²) in [5, 5.41) is 5.95. The second kappa shape index (κ2) is 8.41. The van der Waals surface area contributed by atoms with Gasteiger partial charge in [0.15, 0.2) is 5.82 Å². The van der Waals surface area contributed by atoms with Gasteiger partial charge in [-0.2, -0.15) is 0 Å². The lowest BCUT2D eigenvalue weighted by molar-refractivity contribution is -0.115. The molecule has 0 aliphatic heterocycles. The second-order valence-electron chi connectivity index (χ2n) is 5.08. The van der Waals surface area contributed by atoms with Crippen molar-refractivity contribution >= 4 is 27.7 Å². The van der Waals surface area contributed by atoms with Gasteiger partial charge in [-0.05, 0) is 19.1 Å². The van der Waals surface area contributed by atoms with Crippen LogP contribution in [0, 0.1) is 6.92 Å². The Labute approximate surface area is 150 Å². The number of aromatic nitrogens is 1. The molecule has 138 valence electrons. The number of benzene rings is 1. The van der Waals surface area contributed by atoms with Gasteiger partial charge in [0.05, 0.1) is 17.0 Å². The Morgan fingerprint density at radius 2 is 2.08 bits per heavy atom. The van der Waals surface area contributed by atoms with Crippen LogP contribution in [0.4, 0.5) is 5.82 Å². The van der Waals surface area contributed by atoms with Gasteiger partial charge in [-0.25, -0.2) is 17.9 Å². The summed E-state index contributed by atoms with van der Waals surface area (Å²) in [6.07, 6.45) is 1.36. The lowest BCUT2D eigenvalue weighted by atomic mass is 10.2. The lowest BCUT2D eigenvalue weighted by Gasteiger charge is -2.10. The average Bonchev–Trinajstić information content (AvgIpc) is 3.02. The van der Waals surface area contributed by atoms with Crippen molar-refractivity contribution in [1.82, 2.24) is 9.88 Å². The van der Waals surface area contributed by atoms with Crippen LogP contribution in [0.3, 0.4) is 0 Å². The molecule has 0 aliphatic rings. The first-order chi connectivity index (χ1) is 12.3. The fraction of sp³-hybridized carbons (Fsp3) is 0.188. The summed E-state index contributed by atoms with van der Waals surface area (Å²) < 4.78 is 36.7. The largest absolute Gasteiger partial charge is 0.458 e. The minimum atomic E-state index is -4.12. The number of anilines is 1. The normalized spacial score (nSPS) is 11.0. The van der Waals surface area contributed by atoms with Gasteiger partial charge in [0.1, 0.15) is 12.4 Å². The van der Waals surface area contributed by atoms with Crippen LogP contribution in [0.25, 0.3) is 0 Å². The molecule has 0 radical (unpaired) electrons. The number of carbonyl (C=O) groups excluding carboxylic acids is 2. The third-order valence-electron chi connectivity index (χ3n) is 3.05. The molecule has 10 heteroatoms. The van der Waals surface area contributed by atoms with Gasteiger partial charge in [0.25, 0.3) is 0 Å². The molecular weight excluding hydrogens is 362 g/mol. The van der Waals surface area contributed by atoms with Crippen LogP contribution in [0.2, 0.25) is 0 Å². The van der Waals surface area contributed by atoms with E-state index in [1.807, 2.05) is 0 Å². The minimum absolute atomic E-state index is 0.0554. The van der Waals surface area contributed by atoms with Gasteiger partial charge in [0.2, 0.25) is 15.9 Å². The number of esters is 1. The molecule has 0 unspecified atom stereocenters. The van der Waals surface area contributed by atoms with Crippen molar-refractivity contribution in [3.63, 3.8) is 0 Å². The van der Waals surface area contributed by atoms with E-state index in [0.29, 0.717) is 5.76 Å². The van der Waals surface area contributed by atoms with Crippen LogP contribution < -0.4 is 10.0 Å². The Kier molecular flexibility index (Phi) is 6.26. The molecule has 0 aliphatic carbocycles. The summed E-state index contributed by atoms with van der Waals surface area (Å²) in [7, 11) is -4.12. The van der Waals surface area contributed by atoms with Crippen LogP contribution >= 0.6 is 0 Å². The molecule has 26 heavy (non-hydrogen) atoms. The van der Waals surface area contributed by atoms with Crippen LogP contribution in [-0.4, -0.2) is 38.6 Å². The maximum atomic E-state index is 12.4. The zero-order valence-electron chi connectivity index (χ0n) is 13.9. The Hall–Kier alpha value is -2.98. The fourth-order valence-corrected chi connectivity index (χ4v) is 3.11. The van der Waals surface area contributed by atoms with Gasteiger partial charge in [0, 0.05) is 6.07 Å². The van der Waals surface area contributed by atoms with E-state index >= 15 is 0 Å². The highest BCUT2D eigenvalue weighted by Gasteiger charge is 2.23. The minimum Gasteiger partial charge on any atom is -0.458 e. The van der Waals surface area contributed by atoms with Gasteiger partial charge in [-0.1, -0.05) is 29.9 Å². The Balaban J connectivity index is 2.08. The number of nitrogens with one attached hydrogen (secondary N) is 2. The molecule has 2 N–H and O–H groups in total. The third-order valence-corrected chi connectivity index (χ3v) is 4.51. The second-order valence-corrected chi connectivity index (χ2v) is 6.81. The van der Waals surface area contributed by atoms with E-state index in [1.165, 1.54) is 36.4 Å².